The molecule has 0 aliphatic carbocycles. The van der Waals surface area contributed by atoms with Crippen LogP contribution in [0.1, 0.15) is 39.2 Å². The summed E-state index contributed by atoms with van der Waals surface area (Å²) in [6, 6.07) is 12.8. The van der Waals surface area contributed by atoms with Crippen LogP contribution in [-0.4, -0.2) is 32.2 Å². The van der Waals surface area contributed by atoms with Crippen molar-refractivity contribution in [3.63, 3.8) is 0 Å². The predicted octanol–water partition coefficient (Wildman–Crippen LogP) is 4.80. The molecule has 8 heteroatoms. The van der Waals surface area contributed by atoms with Crippen LogP contribution in [0.5, 0.6) is 5.75 Å². The molecule has 0 aliphatic heterocycles. The van der Waals surface area contributed by atoms with E-state index in [1.54, 1.807) is 12.1 Å². The predicted molar refractivity (Wildman–Crippen MR) is 121 cm³/mol. The van der Waals surface area contributed by atoms with E-state index in [4.69, 9.17) is 4.74 Å². The first-order chi connectivity index (χ1) is 14.0. The monoisotopic (exact) mass is 446 g/mol. The lowest BCUT2D eigenvalue weighted by Gasteiger charge is -2.19. The Bertz CT molecular complexity index is 1140. The molecule has 0 bridgehead atoms. The van der Waals surface area contributed by atoms with Crippen LogP contribution < -0.4 is 10.1 Å². The maximum atomic E-state index is 12.2. The van der Waals surface area contributed by atoms with Crippen LogP contribution in [0.25, 0.3) is 10.2 Å². The van der Waals surface area contributed by atoms with Gasteiger partial charge in [-0.05, 0) is 47.7 Å². The van der Waals surface area contributed by atoms with E-state index in [-0.39, 0.29) is 16.2 Å². The molecule has 30 heavy (non-hydrogen) atoms. The fraction of sp³-hybridized carbons (Fsp3) is 0.364. The number of thiazole rings is 1. The molecule has 0 saturated carbocycles. The van der Waals surface area contributed by atoms with Gasteiger partial charge in [0.25, 0.3) is 0 Å². The highest BCUT2D eigenvalue weighted by molar-refractivity contribution is 7.90. The second-order valence-electron chi connectivity index (χ2n) is 8.20. The van der Waals surface area contributed by atoms with Crippen molar-refractivity contribution in [3.05, 3.63) is 48.0 Å². The van der Waals surface area contributed by atoms with E-state index in [0.29, 0.717) is 30.1 Å². The molecule has 2 aromatic carbocycles. The van der Waals surface area contributed by atoms with Crippen LogP contribution in [0.3, 0.4) is 0 Å². The van der Waals surface area contributed by atoms with Gasteiger partial charge in [0.2, 0.25) is 5.91 Å². The van der Waals surface area contributed by atoms with Gasteiger partial charge in [0.1, 0.15) is 5.75 Å². The Morgan fingerprint density at radius 1 is 1.13 bits per heavy atom. The van der Waals surface area contributed by atoms with Gasteiger partial charge in [0, 0.05) is 12.7 Å². The second-order valence-corrected chi connectivity index (χ2v) is 11.2. The van der Waals surface area contributed by atoms with Crippen LogP contribution in [0.2, 0.25) is 0 Å². The number of anilines is 1. The highest BCUT2D eigenvalue weighted by Gasteiger charge is 2.14. The molecule has 3 aromatic rings. The van der Waals surface area contributed by atoms with Gasteiger partial charge in [-0.1, -0.05) is 44.2 Å². The number of sulfone groups is 1. The van der Waals surface area contributed by atoms with Crippen molar-refractivity contribution < 1.29 is 17.9 Å². The van der Waals surface area contributed by atoms with Gasteiger partial charge in [-0.15, -0.1) is 0 Å². The van der Waals surface area contributed by atoms with Gasteiger partial charge in [-0.2, -0.15) is 0 Å². The number of hydrogen-bond donors (Lipinski definition) is 1. The number of rotatable bonds is 7. The smallest absolute Gasteiger partial charge is 0.226 e. The zero-order valence-electron chi connectivity index (χ0n) is 17.6. The van der Waals surface area contributed by atoms with Gasteiger partial charge < -0.3 is 10.1 Å². The van der Waals surface area contributed by atoms with E-state index >= 15 is 0 Å². The summed E-state index contributed by atoms with van der Waals surface area (Å²) in [5.74, 6) is 0.639. The van der Waals surface area contributed by atoms with Crippen molar-refractivity contribution in [1.29, 1.82) is 0 Å². The van der Waals surface area contributed by atoms with Crippen LogP contribution in [0, 0.1) is 0 Å². The Hall–Kier alpha value is -2.45. The fourth-order valence-corrected chi connectivity index (χ4v) is 4.49. The molecule has 0 spiro atoms. The van der Waals surface area contributed by atoms with E-state index in [9.17, 15) is 13.2 Å². The van der Waals surface area contributed by atoms with E-state index in [1.807, 2.05) is 12.1 Å². The van der Waals surface area contributed by atoms with E-state index in [2.05, 4.69) is 43.2 Å². The third kappa shape index (κ3) is 5.79. The number of benzene rings is 2. The summed E-state index contributed by atoms with van der Waals surface area (Å²) in [5.41, 5.74) is 2.00. The first-order valence-electron chi connectivity index (χ1n) is 9.66. The molecule has 6 nitrogen and oxygen atoms in total. The minimum Gasteiger partial charge on any atom is -0.494 e. The molecule has 1 amide bonds. The third-order valence-electron chi connectivity index (χ3n) is 4.57. The largest absolute Gasteiger partial charge is 0.494 e. The molecule has 1 N–H and O–H groups in total. The van der Waals surface area contributed by atoms with Crippen molar-refractivity contribution in [3.8, 4) is 5.75 Å². The van der Waals surface area contributed by atoms with Crippen molar-refractivity contribution >= 4 is 42.4 Å². The van der Waals surface area contributed by atoms with Crippen LogP contribution >= 0.6 is 11.3 Å². The molecule has 0 radical (unpaired) electrons. The van der Waals surface area contributed by atoms with E-state index in [1.165, 1.54) is 29.2 Å². The lowest BCUT2D eigenvalue weighted by Crippen LogP contribution is -2.13. The van der Waals surface area contributed by atoms with Gasteiger partial charge in [0.15, 0.2) is 15.0 Å². The van der Waals surface area contributed by atoms with Gasteiger partial charge >= 0.3 is 0 Å². The summed E-state index contributed by atoms with van der Waals surface area (Å²) in [6.07, 6.45) is 2.06. The maximum Gasteiger partial charge on any atom is 0.226 e. The Morgan fingerprint density at radius 3 is 2.47 bits per heavy atom. The zero-order valence-corrected chi connectivity index (χ0v) is 19.2. The second kappa shape index (κ2) is 8.73. The summed E-state index contributed by atoms with van der Waals surface area (Å²) in [6.45, 7) is 6.94. The number of nitrogens with zero attached hydrogens (tertiary/aromatic N) is 1. The average molecular weight is 447 g/mol. The van der Waals surface area contributed by atoms with Crippen LogP contribution in [0.15, 0.2) is 47.4 Å². The molecule has 0 atom stereocenters. The summed E-state index contributed by atoms with van der Waals surface area (Å²) in [4.78, 5) is 16.8. The molecule has 3 rings (SSSR count). The highest BCUT2D eigenvalue weighted by Crippen LogP contribution is 2.28. The topological polar surface area (TPSA) is 85.4 Å². The normalized spacial score (nSPS) is 12.1. The molecule has 160 valence electrons. The molecule has 0 fully saturated rings. The number of amides is 1. The standard InChI is InChI=1S/C22H26N2O4S2/c1-22(2,3)15-7-9-16(10-8-15)28-13-5-6-20(25)24-21-23-18-12-11-17(30(4,26)27)14-19(18)29-21/h7-12,14H,5-6,13H2,1-4H3,(H,23,24,25). The first kappa shape index (κ1) is 22.2. The maximum absolute atomic E-state index is 12.2. The Kier molecular flexibility index (Phi) is 6.47. The molecule has 0 unspecified atom stereocenters. The number of nitrogens with one attached hydrogen (secondary N) is 1. The van der Waals surface area contributed by atoms with E-state index in [0.717, 1.165) is 10.4 Å². The van der Waals surface area contributed by atoms with Crippen molar-refractivity contribution in [2.45, 2.75) is 43.9 Å². The lowest BCUT2D eigenvalue weighted by atomic mass is 9.87. The number of fused-ring (bicyclic) bond motifs is 1. The summed E-state index contributed by atoms with van der Waals surface area (Å²) in [7, 11) is -3.28. The number of carbonyl (C=O) groups excluding carboxylic acids is 1. The van der Waals surface area contributed by atoms with E-state index < -0.39 is 9.84 Å². The number of ether oxygens (including phenoxy) is 1. The number of aromatic nitrogens is 1. The minimum absolute atomic E-state index is 0.101. The number of carbonyl (C=O) groups is 1. The van der Waals surface area contributed by atoms with Gasteiger partial charge in [0.05, 0.1) is 21.7 Å². The summed E-state index contributed by atoms with van der Waals surface area (Å²) < 4.78 is 29.8. The first-order valence-corrected chi connectivity index (χ1v) is 12.4. The molecule has 0 aliphatic rings. The molecule has 1 aromatic heterocycles. The minimum atomic E-state index is -3.28. The Balaban J connectivity index is 1.49. The summed E-state index contributed by atoms with van der Waals surface area (Å²) in [5, 5.41) is 3.23. The zero-order chi connectivity index (χ0) is 21.9. The van der Waals surface area contributed by atoms with Crippen molar-refractivity contribution in [1.82, 2.24) is 4.98 Å². The Morgan fingerprint density at radius 2 is 1.83 bits per heavy atom. The molecular formula is C22H26N2O4S2. The summed E-state index contributed by atoms with van der Waals surface area (Å²) >= 11 is 1.26. The lowest BCUT2D eigenvalue weighted by molar-refractivity contribution is -0.116. The van der Waals surface area contributed by atoms with Crippen LogP contribution in [-0.2, 0) is 20.0 Å². The highest BCUT2D eigenvalue weighted by atomic mass is 32.2. The molecular weight excluding hydrogens is 420 g/mol. The third-order valence-corrected chi connectivity index (χ3v) is 6.62. The van der Waals surface area contributed by atoms with Gasteiger partial charge in [-0.3, -0.25) is 4.79 Å². The fourth-order valence-electron chi connectivity index (χ4n) is 2.84. The van der Waals surface area contributed by atoms with Crippen molar-refractivity contribution in [2.24, 2.45) is 0 Å². The molecule has 1 heterocycles. The SMILES string of the molecule is CC(C)(C)c1ccc(OCCCC(=O)Nc2nc3ccc(S(C)(=O)=O)cc3s2)cc1. The van der Waals surface area contributed by atoms with Crippen LogP contribution in [0.4, 0.5) is 5.13 Å². The quantitative estimate of drug-likeness (QED) is 0.527. The van der Waals surface area contributed by atoms with Crippen molar-refractivity contribution in [2.75, 3.05) is 18.2 Å². The number of hydrogen-bond acceptors (Lipinski definition) is 6. The van der Waals surface area contributed by atoms with Gasteiger partial charge in [-0.25, -0.2) is 13.4 Å². The molecule has 0 saturated heterocycles. The Labute approximate surface area is 181 Å². The average Bonchev–Trinajstić information content (AvgIpc) is 3.05.